The van der Waals surface area contributed by atoms with E-state index in [1.807, 2.05) is 18.2 Å². The normalized spacial score (nSPS) is 14.8. The van der Waals surface area contributed by atoms with Crippen molar-refractivity contribution in [3.63, 3.8) is 0 Å². The highest BCUT2D eigenvalue weighted by Gasteiger charge is 2.23. The Bertz CT molecular complexity index is 566. The third-order valence-corrected chi connectivity index (χ3v) is 2.57. The quantitative estimate of drug-likeness (QED) is 0.807. The third-order valence-electron chi connectivity index (χ3n) is 2.57. The van der Waals surface area contributed by atoms with Crippen LogP contribution in [0.25, 0.3) is 11.0 Å². The van der Waals surface area contributed by atoms with Gasteiger partial charge in [0.1, 0.15) is 0 Å². The van der Waals surface area contributed by atoms with Crippen molar-refractivity contribution in [2.75, 3.05) is 0 Å². The second kappa shape index (κ2) is 4.10. The number of rotatable bonds is 3. The lowest BCUT2D eigenvalue weighted by Crippen LogP contribution is -2.22. The van der Waals surface area contributed by atoms with Crippen molar-refractivity contribution in [1.82, 2.24) is 15.4 Å². The number of carbonyl (C=O) groups excluding carboxylic acids is 1. The summed E-state index contributed by atoms with van der Waals surface area (Å²) in [5, 5.41) is 0.902. The van der Waals surface area contributed by atoms with E-state index in [0.29, 0.717) is 11.7 Å². The summed E-state index contributed by atoms with van der Waals surface area (Å²) >= 11 is 0. The van der Waals surface area contributed by atoms with Gasteiger partial charge in [0.25, 0.3) is 0 Å². The second-order valence-electron chi connectivity index (χ2n) is 4.03. The van der Waals surface area contributed by atoms with E-state index < -0.39 is 5.97 Å². The molecule has 0 aliphatic heterocycles. The highest BCUT2D eigenvalue weighted by molar-refractivity contribution is 5.89. The van der Waals surface area contributed by atoms with Crippen LogP contribution in [0.4, 0.5) is 0 Å². The Morgan fingerprint density at radius 3 is 3.06 bits per heavy atom. The fourth-order valence-corrected chi connectivity index (χ4v) is 1.46. The van der Waals surface area contributed by atoms with Crippen molar-refractivity contribution in [1.29, 1.82) is 0 Å². The molecular formula is C12H11N3O2. The number of nitrogens with one attached hydrogen (secondary N) is 1. The largest absolute Gasteiger partial charge is 0.375 e. The molecule has 1 aliphatic carbocycles. The summed E-state index contributed by atoms with van der Waals surface area (Å²) in [6.45, 7) is 0. The summed E-state index contributed by atoms with van der Waals surface area (Å²) < 4.78 is 0. The highest BCUT2D eigenvalue weighted by Crippen LogP contribution is 2.18. The van der Waals surface area contributed by atoms with Crippen molar-refractivity contribution in [3.05, 3.63) is 36.2 Å². The SMILES string of the molecule is O=C(ONC1CC1)c1ccc2cccnc2n1. The predicted octanol–water partition coefficient (Wildman–Crippen LogP) is 1.45. The van der Waals surface area contributed by atoms with Gasteiger partial charge in [-0.1, -0.05) is 0 Å². The first kappa shape index (κ1) is 10.2. The van der Waals surface area contributed by atoms with Crippen molar-refractivity contribution in [2.45, 2.75) is 18.9 Å². The van der Waals surface area contributed by atoms with E-state index in [-0.39, 0.29) is 5.69 Å². The predicted molar refractivity (Wildman–Crippen MR) is 61.1 cm³/mol. The van der Waals surface area contributed by atoms with Gasteiger partial charge in [-0.2, -0.15) is 0 Å². The lowest BCUT2D eigenvalue weighted by atomic mass is 10.2. The van der Waals surface area contributed by atoms with Crippen LogP contribution >= 0.6 is 0 Å². The van der Waals surface area contributed by atoms with Gasteiger partial charge in [-0.05, 0) is 37.1 Å². The number of fused-ring (bicyclic) bond motifs is 1. The molecule has 0 spiro atoms. The Morgan fingerprint density at radius 1 is 1.35 bits per heavy atom. The number of aromatic nitrogens is 2. The minimum absolute atomic E-state index is 0.268. The Balaban J connectivity index is 1.81. The smallest absolute Gasteiger partial charge is 0.365 e. The van der Waals surface area contributed by atoms with Crippen molar-refractivity contribution in [3.8, 4) is 0 Å². The van der Waals surface area contributed by atoms with Gasteiger partial charge in [-0.15, -0.1) is 5.48 Å². The average Bonchev–Trinajstić information content (AvgIpc) is 3.19. The molecule has 0 atom stereocenters. The van der Waals surface area contributed by atoms with Crippen LogP contribution in [0, 0.1) is 0 Å². The molecular weight excluding hydrogens is 218 g/mol. The summed E-state index contributed by atoms with van der Waals surface area (Å²) in [6.07, 6.45) is 3.76. The van der Waals surface area contributed by atoms with Crippen LogP contribution in [-0.4, -0.2) is 22.0 Å². The lowest BCUT2D eigenvalue weighted by Gasteiger charge is -2.04. The highest BCUT2D eigenvalue weighted by atomic mass is 16.7. The molecule has 0 radical (unpaired) electrons. The molecule has 0 saturated heterocycles. The molecule has 2 aromatic heterocycles. The number of hydrogen-bond donors (Lipinski definition) is 1. The molecule has 3 rings (SSSR count). The maximum absolute atomic E-state index is 11.6. The maximum Gasteiger partial charge on any atom is 0.375 e. The van der Waals surface area contributed by atoms with Gasteiger partial charge in [-0.3, -0.25) is 0 Å². The molecule has 2 aromatic rings. The van der Waals surface area contributed by atoms with Crippen molar-refractivity contribution < 1.29 is 9.63 Å². The summed E-state index contributed by atoms with van der Waals surface area (Å²) in [5.41, 5.74) is 3.51. The van der Waals surface area contributed by atoms with E-state index >= 15 is 0 Å². The Hall–Kier alpha value is -2.01. The van der Waals surface area contributed by atoms with E-state index in [2.05, 4.69) is 15.4 Å². The Labute approximate surface area is 97.8 Å². The van der Waals surface area contributed by atoms with E-state index in [4.69, 9.17) is 4.84 Å². The molecule has 0 bridgehead atoms. The van der Waals surface area contributed by atoms with E-state index in [1.54, 1.807) is 12.3 Å². The molecule has 1 N–H and O–H groups in total. The minimum Gasteiger partial charge on any atom is -0.365 e. The number of hydrogen-bond acceptors (Lipinski definition) is 5. The number of nitrogens with zero attached hydrogens (tertiary/aromatic N) is 2. The van der Waals surface area contributed by atoms with Crippen molar-refractivity contribution in [2.24, 2.45) is 0 Å². The molecule has 1 fully saturated rings. The van der Waals surface area contributed by atoms with Gasteiger partial charge in [-0.25, -0.2) is 14.8 Å². The van der Waals surface area contributed by atoms with Crippen LogP contribution in [-0.2, 0) is 4.84 Å². The molecule has 1 saturated carbocycles. The number of hydroxylamine groups is 1. The molecule has 17 heavy (non-hydrogen) atoms. The van der Waals surface area contributed by atoms with Gasteiger partial charge in [0.15, 0.2) is 11.3 Å². The summed E-state index contributed by atoms with van der Waals surface area (Å²) in [4.78, 5) is 24.8. The molecule has 5 heteroatoms. The van der Waals surface area contributed by atoms with Crippen LogP contribution < -0.4 is 5.48 Å². The molecule has 2 heterocycles. The number of carbonyl (C=O) groups is 1. The molecule has 1 aliphatic rings. The van der Waals surface area contributed by atoms with Crippen LogP contribution in [0.15, 0.2) is 30.5 Å². The molecule has 0 amide bonds. The molecule has 5 nitrogen and oxygen atoms in total. The fraction of sp³-hybridized carbons (Fsp3) is 0.250. The summed E-state index contributed by atoms with van der Waals surface area (Å²) in [6, 6.07) is 7.49. The lowest BCUT2D eigenvalue weighted by molar-refractivity contribution is 0.0229. The van der Waals surface area contributed by atoms with Gasteiger partial charge in [0, 0.05) is 17.6 Å². The van der Waals surface area contributed by atoms with E-state index in [0.717, 1.165) is 18.2 Å². The molecule has 0 aromatic carbocycles. The van der Waals surface area contributed by atoms with Crippen LogP contribution in [0.5, 0.6) is 0 Å². The summed E-state index contributed by atoms with van der Waals surface area (Å²) in [5.74, 6) is -0.468. The zero-order chi connectivity index (χ0) is 11.7. The van der Waals surface area contributed by atoms with E-state index in [1.165, 1.54) is 0 Å². The zero-order valence-corrected chi connectivity index (χ0v) is 9.09. The van der Waals surface area contributed by atoms with E-state index in [9.17, 15) is 4.79 Å². The van der Waals surface area contributed by atoms with Crippen LogP contribution in [0.3, 0.4) is 0 Å². The monoisotopic (exact) mass is 229 g/mol. The first-order valence-corrected chi connectivity index (χ1v) is 5.51. The van der Waals surface area contributed by atoms with Gasteiger partial charge >= 0.3 is 5.97 Å². The van der Waals surface area contributed by atoms with Gasteiger partial charge < -0.3 is 4.84 Å². The maximum atomic E-state index is 11.6. The Morgan fingerprint density at radius 2 is 2.24 bits per heavy atom. The average molecular weight is 229 g/mol. The first-order valence-electron chi connectivity index (χ1n) is 5.51. The molecule has 86 valence electrons. The molecule has 0 unspecified atom stereocenters. The number of pyridine rings is 2. The minimum atomic E-state index is -0.468. The van der Waals surface area contributed by atoms with Gasteiger partial charge in [0.05, 0.1) is 0 Å². The topological polar surface area (TPSA) is 64.1 Å². The first-order chi connectivity index (χ1) is 8.33. The summed E-state index contributed by atoms with van der Waals surface area (Å²) in [7, 11) is 0. The van der Waals surface area contributed by atoms with Crippen molar-refractivity contribution >= 4 is 17.0 Å². The third kappa shape index (κ3) is 2.24. The second-order valence-corrected chi connectivity index (χ2v) is 4.03. The van der Waals surface area contributed by atoms with Crippen LogP contribution in [0.2, 0.25) is 0 Å². The van der Waals surface area contributed by atoms with Crippen LogP contribution in [0.1, 0.15) is 23.3 Å². The Kier molecular flexibility index (Phi) is 2.45. The fourth-order valence-electron chi connectivity index (χ4n) is 1.46. The standard InChI is InChI=1S/C12H11N3O2/c16-12(17-15-9-4-5-9)10-6-3-8-2-1-7-13-11(8)14-10/h1-3,6-7,9,15H,4-5H2. The zero-order valence-electron chi connectivity index (χ0n) is 9.09. The van der Waals surface area contributed by atoms with Gasteiger partial charge in [0.2, 0.25) is 0 Å².